The fourth-order valence-electron chi connectivity index (χ4n) is 2.47. The number of hydrogen-bond acceptors (Lipinski definition) is 4. The summed E-state index contributed by atoms with van der Waals surface area (Å²) >= 11 is 9.14. The molecule has 0 aliphatic carbocycles. The zero-order valence-corrected chi connectivity index (χ0v) is 17.0. The van der Waals surface area contributed by atoms with Crippen molar-refractivity contribution in [1.29, 1.82) is 0 Å². The van der Waals surface area contributed by atoms with Crippen LogP contribution >= 0.6 is 34.7 Å². The van der Waals surface area contributed by atoms with Crippen LogP contribution in [0.4, 0.5) is 5.69 Å². The van der Waals surface area contributed by atoms with Gasteiger partial charge in [-0.05, 0) is 43.2 Å². The number of benzene rings is 2. The predicted octanol–water partition coefficient (Wildman–Crippen LogP) is 5.89. The molecule has 0 atom stereocenters. The Kier molecular flexibility index (Phi) is 6.35. The number of rotatable bonds is 6. The minimum Gasteiger partial charge on any atom is -0.326 e. The highest BCUT2D eigenvalue weighted by molar-refractivity contribution is 8.00. The van der Waals surface area contributed by atoms with Gasteiger partial charge in [0.2, 0.25) is 5.91 Å². The second-order valence-electron chi connectivity index (χ2n) is 6.06. The summed E-state index contributed by atoms with van der Waals surface area (Å²) in [6.45, 7) is 4.04. The summed E-state index contributed by atoms with van der Waals surface area (Å²) in [6.07, 6.45) is 0.283. The molecule has 26 heavy (non-hydrogen) atoms. The highest BCUT2D eigenvalue weighted by atomic mass is 35.5. The molecule has 0 aliphatic rings. The third-order valence-corrected chi connectivity index (χ3v) is 6.20. The summed E-state index contributed by atoms with van der Waals surface area (Å²) in [5.41, 5.74) is 5.10. The number of nitrogens with one attached hydrogen (secondary N) is 1. The number of aromatic nitrogens is 1. The monoisotopic (exact) mass is 402 g/mol. The van der Waals surface area contributed by atoms with Crippen LogP contribution in [0.2, 0.25) is 5.02 Å². The van der Waals surface area contributed by atoms with Crippen molar-refractivity contribution in [3.05, 3.63) is 75.3 Å². The molecule has 134 valence electrons. The molecule has 1 aromatic heterocycles. The number of hydrogen-bond donors (Lipinski definition) is 1. The van der Waals surface area contributed by atoms with Crippen LogP contribution in [-0.4, -0.2) is 10.9 Å². The SMILES string of the molecule is Cc1ccc(NC(=O)Cc2csc(SCc3ccc(Cl)cc3)n2)c(C)c1. The molecule has 0 bridgehead atoms. The number of amides is 1. The Morgan fingerprint density at radius 2 is 1.96 bits per heavy atom. The molecule has 1 heterocycles. The number of nitrogens with zero attached hydrogens (tertiary/aromatic N) is 1. The maximum Gasteiger partial charge on any atom is 0.230 e. The lowest BCUT2D eigenvalue weighted by molar-refractivity contribution is -0.115. The number of thioether (sulfide) groups is 1. The average Bonchev–Trinajstić information content (AvgIpc) is 3.04. The van der Waals surface area contributed by atoms with Gasteiger partial charge in [-0.3, -0.25) is 4.79 Å². The number of carbonyl (C=O) groups excluding carboxylic acids is 1. The Bertz CT molecular complexity index is 906. The maximum atomic E-state index is 12.3. The zero-order chi connectivity index (χ0) is 18.5. The molecule has 1 N–H and O–H groups in total. The summed E-state index contributed by atoms with van der Waals surface area (Å²) in [7, 11) is 0. The zero-order valence-electron chi connectivity index (χ0n) is 14.6. The summed E-state index contributed by atoms with van der Waals surface area (Å²) in [6, 6.07) is 13.8. The number of thiazole rings is 1. The minimum atomic E-state index is -0.0449. The molecule has 0 fully saturated rings. The Balaban J connectivity index is 1.54. The van der Waals surface area contributed by atoms with Gasteiger partial charge in [-0.1, -0.05) is 53.2 Å². The van der Waals surface area contributed by atoms with Crippen molar-refractivity contribution in [2.75, 3.05) is 5.32 Å². The summed E-state index contributed by atoms with van der Waals surface area (Å²) in [5.74, 6) is 0.787. The second kappa shape index (κ2) is 8.71. The van der Waals surface area contributed by atoms with Crippen molar-refractivity contribution in [2.24, 2.45) is 0 Å². The first-order valence-corrected chi connectivity index (χ1v) is 10.4. The molecular weight excluding hydrogens is 384 g/mol. The molecule has 0 aliphatic heterocycles. The molecule has 3 aromatic rings. The van der Waals surface area contributed by atoms with Crippen molar-refractivity contribution in [1.82, 2.24) is 4.98 Å². The Labute approximate surface area is 166 Å². The van der Waals surface area contributed by atoms with Crippen molar-refractivity contribution in [3.8, 4) is 0 Å². The molecule has 6 heteroatoms. The van der Waals surface area contributed by atoms with Gasteiger partial charge in [0.15, 0.2) is 0 Å². The molecule has 0 unspecified atom stereocenters. The van der Waals surface area contributed by atoms with E-state index in [2.05, 4.69) is 16.4 Å². The molecule has 2 aromatic carbocycles. The van der Waals surface area contributed by atoms with Gasteiger partial charge < -0.3 is 5.32 Å². The van der Waals surface area contributed by atoms with Crippen LogP contribution in [0.1, 0.15) is 22.4 Å². The number of carbonyl (C=O) groups is 1. The van der Waals surface area contributed by atoms with E-state index >= 15 is 0 Å². The van der Waals surface area contributed by atoms with Gasteiger partial charge in [-0.25, -0.2) is 4.98 Å². The van der Waals surface area contributed by atoms with Gasteiger partial charge in [-0.2, -0.15) is 0 Å². The third-order valence-electron chi connectivity index (χ3n) is 3.80. The van der Waals surface area contributed by atoms with Crippen LogP contribution in [0.15, 0.2) is 52.2 Å². The highest BCUT2D eigenvalue weighted by Crippen LogP contribution is 2.27. The summed E-state index contributed by atoms with van der Waals surface area (Å²) < 4.78 is 0.967. The lowest BCUT2D eigenvalue weighted by atomic mass is 10.1. The minimum absolute atomic E-state index is 0.0449. The van der Waals surface area contributed by atoms with Gasteiger partial charge in [0.25, 0.3) is 0 Å². The van der Waals surface area contributed by atoms with E-state index in [9.17, 15) is 4.79 Å². The smallest absolute Gasteiger partial charge is 0.230 e. The first-order valence-electron chi connectivity index (χ1n) is 8.18. The quantitative estimate of drug-likeness (QED) is 0.523. The molecule has 0 saturated heterocycles. The second-order valence-corrected chi connectivity index (χ2v) is 8.58. The fourth-order valence-corrected chi connectivity index (χ4v) is 4.40. The number of anilines is 1. The summed E-state index contributed by atoms with van der Waals surface area (Å²) in [4.78, 5) is 16.8. The van der Waals surface area contributed by atoms with E-state index in [1.54, 1.807) is 23.1 Å². The average molecular weight is 403 g/mol. The van der Waals surface area contributed by atoms with E-state index in [1.165, 1.54) is 11.1 Å². The molecular formula is C20H19ClN2OS2. The standard InChI is InChI=1S/C20H19ClN2OS2/c1-13-3-8-18(14(2)9-13)23-19(24)10-17-12-26-20(22-17)25-11-15-4-6-16(21)7-5-15/h3-9,12H,10-11H2,1-2H3,(H,23,24). The van der Waals surface area contributed by atoms with E-state index in [4.69, 9.17) is 11.6 Å². The first-order chi connectivity index (χ1) is 12.5. The van der Waals surface area contributed by atoms with E-state index in [0.29, 0.717) is 0 Å². The van der Waals surface area contributed by atoms with Crippen LogP contribution in [0.3, 0.4) is 0 Å². The predicted molar refractivity (Wildman–Crippen MR) is 111 cm³/mol. The normalized spacial score (nSPS) is 10.7. The highest BCUT2D eigenvalue weighted by Gasteiger charge is 2.10. The molecule has 0 radical (unpaired) electrons. The maximum absolute atomic E-state index is 12.3. The first kappa shape index (κ1) is 19.0. The van der Waals surface area contributed by atoms with Gasteiger partial charge in [-0.15, -0.1) is 11.3 Å². The lowest BCUT2D eigenvalue weighted by Crippen LogP contribution is -2.15. The topological polar surface area (TPSA) is 42.0 Å². The molecule has 3 rings (SSSR count). The number of aryl methyl sites for hydroxylation is 2. The van der Waals surface area contributed by atoms with Crippen molar-refractivity contribution in [3.63, 3.8) is 0 Å². The number of halogens is 1. The van der Waals surface area contributed by atoms with E-state index in [0.717, 1.165) is 32.1 Å². The van der Waals surface area contributed by atoms with E-state index in [1.807, 2.05) is 55.6 Å². The van der Waals surface area contributed by atoms with Gasteiger partial charge >= 0.3 is 0 Å². The van der Waals surface area contributed by atoms with Crippen molar-refractivity contribution < 1.29 is 4.79 Å². The van der Waals surface area contributed by atoms with Crippen LogP contribution in [-0.2, 0) is 17.0 Å². The largest absolute Gasteiger partial charge is 0.326 e. The molecule has 0 spiro atoms. The van der Waals surface area contributed by atoms with E-state index in [-0.39, 0.29) is 12.3 Å². The fraction of sp³-hybridized carbons (Fsp3) is 0.200. The van der Waals surface area contributed by atoms with Crippen LogP contribution in [0.5, 0.6) is 0 Å². The third kappa shape index (κ3) is 5.34. The lowest BCUT2D eigenvalue weighted by Gasteiger charge is -2.08. The van der Waals surface area contributed by atoms with Crippen LogP contribution < -0.4 is 5.32 Å². The van der Waals surface area contributed by atoms with E-state index < -0.39 is 0 Å². The van der Waals surface area contributed by atoms with Crippen LogP contribution in [0, 0.1) is 13.8 Å². The van der Waals surface area contributed by atoms with Gasteiger partial charge in [0.05, 0.1) is 12.1 Å². The Morgan fingerprint density at radius 1 is 1.19 bits per heavy atom. The van der Waals surface area contributed by atoms with Gasteiger partial charge in [0, 0.05) is 21.8 Å². The molecule has 3 nitrogen and oxygen atoms in total. The summed E-state index contributed by atoms with van der Waals surface area (Å²) in [5, 5.41) is 5.66. The van der Waals surface area contributed by atoms with Crippen molar-refractivity contribution >= 4 is 46.3 Å². The Morgan fingerprint density at radius 3 is 2.69 bits per heavy atom. The Hall–Kier alpha value is -1.82. The molecule has 0 saturated carbocycles. The van der Waals surface area contributed by atoms with Gasteiger partial charge in [0.1, 0.15) is 4.34 Å². The van der Waals surface area contributed by atoms with Crippen molar-refractivity contribution in [2.45, 2.75) is 30.4 Å². The molecule has 1 amide bonds. The van der Waals surface area contributed by atoms with Crippen LogP contribution in [0.25, 0.3) is 0 Å².